The van der Waals surface area contributed by atoms with Crippen LogP contribution in [-0.2, 0) is 0 Å². The van der Waals surface area contributed by atoms with Crippen LogP contribution in [0.4, 0.5) is 4.79 Å². The number of rotatable bonds is 2. The maximum absolute atomic E-state index is 8.86. The first-order valence-corrected chi connectivity index (χ1v) is 7.31. The fraction of sp³-hybridized carbons (Fsp3) is 0.923. The van der Waals surface area contributed by atoms with Gasteiger partial charge in [-0.3, -0.25) is 0 Å². The first kappa shape index (κ1) is 14.8. The second-order valence-corrected chi connectivity index (χ2v) is 5.50. The zero-order valence-corrected chi connectivity index (χ0v) is 11.4. The lowest BCUT2D eigenvalue weighted by Gasteiger charge is -2.30. The normalized spacial score (nSPS) is 22.6. The van der Waals surface area contributed by atoms with Crippen LogP contribution >= 0.6 is 12.6 Å². The molecule has 2 aliphatic rings. The van der Waals surface area contributed by atoms with E-state index in [0.29, 0.717) is 0 Å². The molecule has 2 aliphatic carbocycles. The van der Waals surface area contributed by atoms with Crippen molar-refractivity contribution in [3.63, 3.8) is 0 Å². The molecule has 3 nitrogen and oxygen atoms in total. The van der Waals surface area contributed by atoms with E-state index in [9.17, 15) is 0 Å². The van der Waals surface area contributed by atoms with E-state index in [1.807, 2.05) is 0 Å². The van der Waals surface area contributed by atoms with E-state index in [0.717, 1.165) is 12.1 Å². The Morgan fingerprint density at radius 3 is 1.47 bits per heavy atom. The molecule has 17 heavy (non-hydrogen) atoms. The molecule has 2 rings (SSSR count). The van der Waals surface area contributed by atoms with Crippen molar-refractivity contribution in [2.75, 3.05) is 0 Å². The van der Waals surface area contributed by atoms with Gasteiger partial charge in [0.2, 0.25) is 0 Å². The quantitative estimate of drug-likeness (QED) is 0.660. The standard InChI is InChI=1S/C12H23N.CH2O2S/c1-3-7-11(8-4-1)13-12-9-5-2-6-10-12;2-1(3)4/h11-13H,1-10H2;4H,(H,2,3). The van der Waals surface area contributed by atoms with Crippen LogP contribution in [0.15, 0.2) is 0 Å². The highest BCUT2D eigenvalue weighted by Crippen LogP contribution is 2.22. The summed E-state index contributed by atoms with van der Waals surface area (Å²) in [6.45, 7) is 0. The molecular formula is C13H25NO2S. The second kappa shape index (κ2) is 8.81. The Kier molecular flexibility index (Phi) is 7.69. The summed E-state index contributed by atoms with van der Waals surface area (Å²) in [7, 11) is 0. The molecule has 0 amide bonds. The van der Waals surface area contributed by atoms with Crippen LogP contribution in [0.1, 0.15) is 64.2 Å². The molecular weight excluding hydrogens is 234 g/mol. The van der Waals surface area contributed by atoms with E-state index in [4.69, 9.17) is 9.90 Å². The van der Waals surface area contributed by atoms with Crippen LogP contribution in [0.25, 0.3) is 0 Å². The first-order chi connectivity index (χ1) is 8.18. The highest BCUT2D eigenvalue weighted by Gasteiger charge is 2.19. The second-order valence-electron chi connectivity index (χ2n) is 5.12. The minimum absolute atomic E-state index is 0.872. The maximum Gasteiger partial charge on any atom is 0.361 e. The lowest BCUT2D eigenvalue weighted by atomic mass is 9.91. The monoisotopic (exact) mass is 259 g/mol. The molecule has 0 bridgehead atoms. The zero-order chi connectivity index (χ0) is 12.5. The van der Waals surface area contributed by atoms with E-state index in [-0.39, 0.29) is 0 Å². The minimum Gasteiger partial charge on any atom is -0.473 e. The van der Waals surface area contributed by atoms with Crippen molar-refractivity contribution < 1.29 is 9.90 Å². The van der Waals surface area contributed by atoms with Gasteiger partial charge in [0.15, 0.2) is 0 Å². The van der Waals surface area contributed by atoms with Crippen molar-refractivity contribution in [1.29, 1.82) is 0 Å². The molecule has 0 aromatic rings. The van der Waals surface area contributed by atoms with Crippen molar-refractivity contribution in [3.05, 3.63) is 0 Å². The molecule has 4 heteroatoms. The van der Waals surface area contributed by atoms with Crippen LogP contribution in [0.5, 0.6) is 0 Å². The zero-order valence-electron chi connectivity index (χ0n) is 10.5. The molecule has 2 fully saturated rings. The van der Waals surface area contributed by atoms with Crippen LogP contribution < -0.4 is 5.32 Å². The Morgan fingerprint density at radius 1 is 0.882 bits per heavy atom. The summed E-state index contributed by atoms with van der Waals surface area (Å²) in [5, 5.41) is 10.00. The Bertz CT molecular complexity index is 191. The summed E-state index contributed by atoms with van der Waals surface area (Å²) < 4.78 is 0. The average Bonchev–Trinajstić information content (AvgIpc) is 2.31. The van der Waals surface area contributed by atoms with E-state index < -0.39 is 5.30 Å². The summed E-state index contributed by atoms with van der Waals surface area (Å²) >= 11 is 2.88. The van der Waals surface area contributed by atoms with Crippen molar-refractivity contribution >= 4 is 17.9 Å². The van der Waals surface area contributed by atoms with Gasteiger partial charge in [-0.15, -0.1) is 0 Å². The highest BCUT2D eigenvalue weighted by molar-refractivity contribution is 7.96. The molecule has 0 aromatic carbocycles. The third-order valence-electron chi connectivity index (χ3n) is 3.68. The number of hydrogen-bond acceptors (Lipinski definition) is 2. The molecule has 0 saturated heterocycles. The Hall–Kier alpha value is -0.220. The van der Waals surface area contributed by atoms with E-state index >= 15 is 0 Å². The van der Waals surface area contributed by atoms with Gasteiger partial charge in [0.25, 0.3) is 0 Å². The number of carbonyl (C=O) groups is 1. The van der Waals surface area contributed by atoms with Crippen molar-refractivity contribution in [2.24, 2.45) is 0 Å². The fourth-order valence-electron chi connectivity index (χ4n) is 2.87. The summed E-state index contributed by atoms with van der Waals surface area (Å²) in [5.41, 5.74) is 0. The highest BCUT2D eigenvalue weighted by atomic mass is 32.1. The van der Waals surface area contributed by atoms with Crippen LogP contribution in [0.2, 0.25) is 0 Å². The van der Waals surface area contributed by atoms with Gasteiger partial charge in [-0.25, -0.2) is 4.79 Å². The lowest BCUT2D eigenvalue weighted by molar-refractivity contribution is 0.222. The smallest absolute Gasteiger partial charge is 0.361 e. The van der Waals surface area contributed by atoms with E-state index in [1.54, 1.807) is 0 Å². The van der Waals surface area contributed by atoms with Gasteiger partial charge in [-0.1, -0.05) is 51.2 Å². The van der Waals surface area contributed by atoms with Gasteiger partial charge in [0.1, 0.15) is 0 Å². The van der Waals surface area contributed by atoms with Crippen molar-refractivity contribution in [3.8, 4) is 0 Å². The molecule has 0 aliphatic heterocycles. The molecule has 2 N–H and O–H groups in total. The Labute approximate surface area is 110 Å². The predicted molar refractivity (Wildman–Crippen MR) is 73.9 cm³/mol. The molecule has 0 atom stereocenters. The van der Waals surface area contributed by atoms with Crippen LogP contribution in [-0.4, -0.2) is 22.5 Å². The fourth-order valence-corrected chi connectivity index (χ4v) is 2.87. The van der Waals surface area contributed by atoms with E-state index in [2.05, 4.69) is 17.9 Å². The molecule has 0 heterocycles. The summed E-state index contributed by atoms with van der Waals surface area (Å²) in [4.78, 5) is 8.86. The molecule has 0 aromatic heterocycles. The Morgan fingerprint density at radius 2 is 1.18 bits per heavy atom. The van der Waals surface area contributed by atoms with Gasteiger partial charge in [-0.05, 0) is 25.7 Å². The van der Waals surface area contributed by atoms with Gasteiger partial charge in [-0.2, -0.15) is 0 Å². The minimum atomic E-state index is -1.14. The van der Waals surface area contributed by atoms with Crippen LogP contribution in [0, 0.1) is 0 Å². The van der Waals surface area contributed by atoms with Crippen LogP contribution in [0.3, 0.4) is 0 Å². The summed E-state index contributed by atoms with van der Waals surface area (Å²) in [6.07, 6.45) is 14.6. The molecule has 100 valence electrons. The van der Waals surface area contributed by atoms with Crippen molar-refractivity contribution in [1.82, 2.24) is 5.32 Å². The maximum atomic E-state index is 8.86. The largest absolute Gasteiger partial charge is 0.473 e. The number of nitrogens with one attached hydrogen (secondary N) is 1. The van der Waals surface area contributed by atoms with Gasteiger partial charge in [0, 0.05) is 12.1 Å². The number of thiol groups is 1. The van der Waals surface area contributed by atoms with E-state index in [1.165, 1.54) is 64.2 Å². The average molecular weight is 259 g/mol. The van der Waals surface area contributed by atoms with Gasteiger partial charge >= 0.3 is 5.30 Å². The predicted octanol–water partition coefficient (Wildman–Crippen LogP) is 3.84. The molecule has 0 radical (unpaired) electrons. The van der Waals surface area contributed by atoms with Gasteiger partial charge < -0.3 is 10.4 Å². The van der Waals surface area contributed by atoms with Crippen molar-refractivity contribution in [2.45, 2.75) is 76.3 Å². The molecule has 0 spiro atoms. The Balaban J connectivity index is 0.000000317. The molecule has 2 saturated carbocycles. The number of carboxylic acid groups (broad SMARTS) is 1. The first-order valence-electron chi connectivity index (χ1n) is 6.86. The topological polar surface area (TPSA) is 49.3 Å². The lowest BCUT2D eigenvalue weighted by Crippen LogP contribution is -2.40. The third-order valence-corrected chi connectivity index (χ3v) is 3.68. The van der Waals surface area contributed by atoms with Gasteiger partial charge in [0.05, 0.1) is 0 Å². The summed E-state index contributed by atoms with van der Waals surface area (Å²) in [6, 6.07) is 1.74. The SMILES string of the molecule is C1CCC(NC2CCCCC2)CC1.O=C(O)S. The summed E-state index contributed by atoms with van der Waals surface area (Å²) in [5.74, 6) is 0. The molecule has 0 unspecified atom stereocenters. The third kappa shape index (κ3) is 7.66. The number of hydrogen-bond donors (Lipinski definition) is 3.